The molecule has 39 heavy (non-hydrogen) atoms. The molecular formula is C29H37N5O5. The van der Waals surface area contributed by atoms with Gasteiger partial charge in [-0.05, 0) is 36.5 Å². The van der Waals surface area contributed by atoms with Crippen molar-refractivity contribution in [3.8, 4) is 0 Å². The zero-order chi connectivity index (χ0) is 28.8. The second-order valence-corrected chi connectivity index (χ2v) is 9.64. The summed E-state index contributed by atoms with van der Waals surface area (Å²) in [6.45, 7) is 4.99. The Labute approximate surface area is 228 Å². The number of amides is 5. The molecule has 0 fully saturated rings. The van der Waals surface area contributed by atoms with Crippen molar-refractivity contribution in [2.75, 3.05) is 13.1 Å². The highest BCUT2D eigenvalue weighted by atomic mass is 16.2. The number of aryl methyl sites for hydroxylation is 1. The van der Waals surface area contributed by atoms with Crippen LogP contribution < -0.4 is 27.0 Å². The maximum absolute atomic E-state index is 12.9. The van der Waals surface area contributed by atoms with Crippen molar-refractivity contribution >= 4 is 35.6 Å². The molecule has 0 radical (unpaired) electrons. The lowest BCUT2D eigenvalue weighted by atomic mass is 10.0. The SMILES string of the molecule is Cc1cccc(/C=C/C(=O)NCC(=O)N[C@@H](Cc2ccccc2)C(=O)NCC(=O)N[C@@H](CC(C)C)C(N)=O)c1. The van der Waals surface area contributed by atoms with Crippen LogP contribution >= 0.6 is 0 Å². The van der Waals surface area contributed by atoms with E-state index in [0.717, 1.165) is 16.7 Å². The number of nitrogens with two attached hydrogens (primary N) is 1. The normalized spacial score (nSPS) is 12.4. The van der Waals surface area contributed by atoms with Crippen LogP contribution in [0.15, 0.2) is 60.7 Å². The van der Waals surface area contributed by atoms with E-state index in [0.29, 0.717) is 6.42 Å². The highest BCUT2D eigenvalue weighted by Gasteiger charge is 2.23. The molecule has 10 nitrogen and oxygen atoms in total. The van der Waals surface area contributed by atoms with Gasteiger partial charge >= 0.3 is 0 Å². The van der Waals surface area contributed by atoms with Crippen molar-refractivity contribution in [3.63, 3.8) is 0 Å². The highest BCUT2D eigenvalue weighted by Crippen LogP contribution is 2.06. The van der Waals surface area contributed by atoms with E-state index in [9.17, 15) is 24.0 Å². The summed E-state index contributed by atoms with van der Waals surface area (Å²) in [6.07, 6.45) is 3.50. The minimum absolute atomic E-state index is 0.126. The second kappa shape index (κ2) is 15.7. The van der Waals surface area contributed by atoms with Crippen molar-refractivity contribution in [3.05, 3.63) is 77.4 Å². The number of carbonyl (C=O) groups is 5. The van der Waals surface area contributed by atoms with E-state index in [1.807, 2.05) is 51.1 Å². The number of nitrogens with one attached hydrogen (secondary N) is 4. The van der Waals surface area contributed by atoms with Crippen LogP contribution in [0.5, 0.6) is 0 Å². The molecule has 0 aromatic heterocycles. The van der Waals surface area contributed by atoms with Gasteiger partial charge in [0.15, 0.2) is 0 Å². The maximum Gasteiger partial charge on any atom is 0.244 e. The maximum atomic E-state index is 12.9. The zero-order valence-electron chi connectivity index (χ0n) is 22.5. The molecule has 0 bridgehead atoms. The van der Waals surface area contributed by atoms with Gasteiger partial charge in [-0.3, -0.25) is 24.0 Å². The number of hydrogen-bond donors (Lipinski definition) is 5. The van der Waals surface area contributed by atoms with Gasteiger partial charge in [0.25, 0.3) is 0 Å². The summed E-state index contributed by atoms with van der Waals surface area (Å²) in [6, 6.07) is 14.8. The third kappa shape index (κ3) is 12.1. The molecule has 0 heterocycles. The average Bonchev–Trinajstić information content (AvgIpc) is 2.89. The lowest BCUT2D eigenvalue weighted by Crippen LogP contribution is -2.53. The Kier molecular flexibility index (Phi) is 12.4. The Morgan fingerprint density at radius 1 is 0.846 bits per heavy atom. The molecule has 10 heteroatoms. The summed E-state index contributed by atoms with van der Waals surface area (Å²) in [5, 5.41) is 10.1. The van der Waals surface area contributed by atoms with Gasteiger partial charge in [-0.2, -0.15) is 0 Å². The second-order valence-electron chi connectivity index (χ2n) is 9.64. The van der Waals surface area contributed by atoms with E-state index in [4.69, 9.17) is 5.73 Å². The van der Waals surface area contributed by atoms with Crippen LogP contribution in [-0.4, -0.2) is 54.7 Å². The summed E-state index contributed by atoms with van der Waals surface area (Å²) < 4.78 is 0. The number of hydrogen-bond acceptors (Lipinski definition) is 5. The Hall–Kier alpha value is -4.47. The van der Waals surface area contributed by atoms with Gasteiger partial charge in [-0.25, -0.2) is 0 Å². The molecule has 2 rings (SSSR count). The first-order chi connectivity index (χ1) is 18.5. The van der Waals surface area contributed by atoms with Gasteiger partial charge in [0.05, 0.1) is 13.1 Å². The molecule has 2 aromatic carbocycles. The number of rotatable bonds is 14. The predicted molar refractivity (Wildman–Crippen MR) is 149 cm³/mol. The zero-order valence-corrected chi connectivity index (χ0v) is 22.5. The predicted octanol–water partition coefficient (Wildman–Crippen LogP) is 0.984. The Bertz CT molecular complexity index is 1180. The number of carbonyl (C=O) groups excluding carboxylic acids is 5. The summed E-state index contributed by atoms with van der Waals surface area (Å²) >= 11 is 0. The van der Waals surface area contributed by atoms with E-state index in [2.05, 4.69) is 21.3 Å². The van der Waals surface area contributed by atoms with Gasteiger partial charge in [0.2, 0.25) is 29.5 Å². The van der Waals surface area contributed by atoms with Gasteiger partial charge in [0.1, 0.15) is 12.1 Å². The monoisotopic (exact) mass is 535 g/mol. The van der Waals surface area contributed by atoms with Crippen LogP contribution in [0.4, 0.5) is 0 Å². The molecule has 0 aliphatic rings. The Morgan fingerprint density at radius 3 is 2.10 bits per heavy atom. The third-order valence-electron chi connectivity index (χ3n) is 5.64. The fourth-order valence-electron chi connectivity index (χ4n) is 3.73. The molecule has 0 unspecified atom stereocenters. The van der Waals surface area contributed by atoms with Crippen LogP contribution in [0.2, 0.25) is 0 Å². The molecule has 0 spiro atoms. The van der Waals surface area contributed by atoms with Crippen molar-refractivity contribution in [1.29, 1.82) is 0 Å². The van der Waals surface area contributed by atoms with Crippen molar-refractivity contribution in [1.82, 2.24) is 21.3 Å². The van der Waals surface area contributed by atoms with E-state index in [1.165, 1.54) is 6.08 Å². The van der Waals surface area contributed by atoms with Crippen LogP contribution in [0.1, 0.15) is 37.0 Å². The van der Waals surface area contributed by atoms with E-state index in [-0.39, 0.29) is 18.9 Å². The fourth-order valence-corrected chi connectivity index (χ4v) is 3.73. The van der Waals surface area contributed by atoms with Gasteiger partial charge in [0, 0.05) is 12.5 Å². The van der Waals surface area contributed by atoms with Crippen molar-refractivity contribution < 1.29 is 24.0 Å². The molecule has 0 aliphatic carbocycles. The smallest absolute Gasteiger partial charge is 0.244 e. The first-order valence-corrected chi connectivity index (χ1v) is 12.8. The van der Waals surface area contributed by atoms with Gasteiger partial charge in [-0.15, -0.1) is 0 Å². The van der Waals surface area contributed by atoms with E-state index in [1.54, 1.807) is 30.3 Å². The van der Waals surface area contributed by atoms with Crippen LogP contribution in [0, 0.1) is 12.8 Å². The average molecular weight is 536 g/mol. The minimum atomic E-state index is -1.00. The molecular weight excluding hydrogens is 498 g/mol. The highest BCUT2D eigenvalue weighted by molar-refractivity contribution is 5.96. The first-order valence-electron chi connectivity index (χ1n) is 12.8. The van der Waals surface area contributed by atoms with Crippen LogP contribution in [-0.2, 0) is 30.4 Å². The quantitative estimate of drug-likeness (QED) is 0.228. The number of primary amides is 1. The topological polar surface area (TPSA) is 159 Å². The van der Waals surface area contributed by atoms with E-state index < -0.39 is 48.2 Å². The molecule has 208 valence electrons. The van der Waals surface area contributed by atoms with Crippen LogP contribution in [0.3, 0.4) is 0 Å². The molecule has 0 saturated heterocycles. The molecule has 0 aliphatic heterocycles. The first kappa shape index (κ1) is 30.8. The molecule has 6 N–H and O–H groups in total. The summed E-state index contributed by atoms with van der Waals surface area (Å²) in [5.74, 6) is -2.73. The van der Waals surface area contributed by atoms with Crippen molar-refractivity contribution in [2.45, 2.75) is 45.7 Å². The molecule has 2 atom stereocenters. The van der Waals surface area contributed by atoms with Crippen molar-refractivity contribution in [2.24, 2.45) is 11.7 Å². The fraction of sp³-hybridized carbons (Fsp3) is 0.345. The minimum Gasteiger partial charge on any atom is -0.368 e. The largest absolute Gasteiger partial charge is 0.368 e. The third-order valence-corrected chi connectivity index (χ3v) is 5.64. The van der Waals surface area contributed by atoms with Gasteiger partial charge < -0.3 is 27.0 Å². The molecule has 2 aromatic rings. The lowest BCUT2D eigenvalue weighted by Gasteiger charge is -2.20. The summed E-state index contributed by atoms with van der Waals surface area (Å²) in [4.78, 5) is 61.6. The lowest BCUT2D eigenvalue weighted by molar-refractivity contribution is -0.131. The van der Waals surface area contributed by atoms with E-state index >= 15 is 0 Å². The summed E-state index contributed by atoms with van der Waals surface area (Å²) in [5.41, 5.74) is 8.06. The molecule has 5 amide bonds. The standard InChI is InChI=1S/C29H37N5O5/c1-19(2)14-23(28(30)38)33-27(37)18-32-29(39)24(16-21-9-5-4-6-10-21)34-26(36)17-31-25(35)13-12-22-11-7-8-20(3)15-22/h4-13,15,19,23-24H,14,16-18H2,1-3H3,(H2,30,38)(H,31,35)(H,32,39)(H,33,37)(H,34,36)/b13-12+/t23-,24-/m0/s1. The summed E-state index contributed by atoms with van der Waals surface area (Å²) in [7, 11) is 0. The van der Waals surface area contributed by atoms with Crippen LogP contribution in [0.25, 0.3) is 6.08 Å². The Balaban J connectivity index is 1.95. The Morgan fingerprint density at radius 2 is 1.49 bits per heavy atom. The number of benzene rings is 2. The molecule has 0 saturated carbocycles. The van der Waals surface area contributed by atoms with Gasteiger partial charge in [-0.1, -0.05) is 74.0 Å².